The lowest BCUT2D eigenvalue weighted by Crippen LogP contribution is -2.02. The van der Waals surface area contributed by atoms with E-state index in [1.165, 1.54) is 0 Å². The van der Waals surface area contributed by atoms with Crippen LogP contribution in [0.3, 0.4) is 0 Å². The minimum absolute atomic E-state index is 0.109. The molecule has 0 saturated heterocycles. The normalized spacial score (nSPS) is 10.2. The summed E-state index contributed by atoms with van der Waals surface area (Å²) in [4.78, 5) is 4.29. The largest absolute Gasteiger partial charge is 0.487 e. The summed E-state index contributed by atoms with van der Waals surface area (Å²) in [5.41, 5.74) is 1.80. The molecule has 0 unspecified atom stereocenters. The summed E-state index contributed by atoms with van der Waals surface area (Å²) in [6.45, 7) is 0.484. The Morgan fingerprint density at radius 3 is 2.74 bits per heavy atom. The number of ether oxygens (including phenoxy) is 2. The second kappa shape index (κ2) is 6.75. The van der Waals surface area contributed by atoms with Crippen molar-refractivity contribution in [1.29, 1.82) is 0 Å². The molecule has 0 saturated carbocycles. The van der Waals surface area contributed by atoms with Crippen molar-refractivity contribution in [1.82, 2.24) is 4.98 Å². The Morgan fingerprint density at radius 2 is 1.95 bits per heavy atom. The van der Waals surface area contributed by atoms with Crippen LogP contribution in [0.1, 0.15) is 11.3 Å². The zero-order chi connectivity index (χ0) is 13.5. The van der Waals surface area contributed by atoms with Crippen molar-refractivity contribution < 1.29 is 14.6 Å². The summed E-state index contributed by atoms with van der Waals surface area (Å²) in [6, 6.07) is 13.2. The monoisotopic (exact) mass is 259 g/mol. The van der Waals surface area contributed by atoms with Crippen LogP contribution in [-0.2, 0) is 13.0 Å². The summed E-state index contributed by atoms with van der Waals surface area (Å²) < 4.78 is 10.8. The van der Waals surface area contributed by atoms with E-state index in [-0.39, 0.29) is 6.61 Å². The SMILES string of the molecule is COc1cccc(COc2ccccc2CCO)n1. The molecule has 0 bridgehead atoms. The average molecular weight is 259 g/mol. The Kier molecular flexibility index (Phi) is 4.75. The number of aromatic nitrogens is 1. The topological polar surface area (TPSA) is 51.6 Å². The predicted molar refractivity (Wildman–Crippen MR) is 72.4 cm³/mol. The van der Waals surface area contributed by atoms with Crippen LogP contribution >= 0.6 is 0 Å². The van der Waals surface area contributed by atoms with Gasteiger partial charge in [0, 0.05) is 12.7 Å². The van der Waals surface area contributed by atoms with Crippen LogP contribution in [0.4, 0.5) is 0 Å². The highest BCUT2D eigenvalue weighted by molar-refractivity contribution is 5.33. The van der Waals surface area contributed by atoms with Crippen molar-refractivity contribution in [2.45, 2.75) is 13.0 Å². The number of aliphatic hydroxyl groups excluding tert-OH is 1. The van der Waals surface area contributed by atoms with Gasteiger partial charge in [0.1, 0.15) is 12.4 Å². The van der Waals surface area contributed by atoms with E-state index in [1.54, 1.807) is 13.2 Å². The van der Waals surface area contributed by atoms with E-state index < -0.39 is 0 Å². The van der Waals surface area contributed by atoms with Crippen molar-refractivity contribution >= 4 is 0 Å². The van der Waals surface area contributed by atoms with Crippen LogP contribution in [0.2, 0.25) is 0 Å². The summed E-state index contributed by atoms with van der Waals surface area (Å²) in [6.07, 6.45) is 0.585. The molecule has 100 valence electrons. The van der Waals surface area contributed by atoms with E-state index in [2.05, 4.69) is 4.98 Å². The molecule has 0 radical (unpaired) electrons. The average Bonchev–Trinajstić information content (AvgIpc) is 2.47. The fraction of sp³-hybridized carbons (Fsp3) is 0.267. The third-order valence-electron chi connectivity index (χ3n) is 2.72. The predicted octanol–water partition coefficient (Wildman–Crippen LogP) is 2.20. The molecule has 0 aliphatic rings. The van der Waals surface area contributed by atoms with E-state index in [4.69, 9.17) is 14.6 Å². The molecule has 0 spiro atoms. The lowest BCUT2D eigenvalue weighted by molar-refractivity contribution is 0.280. The van der Waals surface area contributed by atoms with Crippen molar-refractivity contribution in [3.8, 4) is 11.6 Å². The maximum absolute atomic E-state index is 9.01. The Morgan fingerprint density at radius 1 is 1.11 bits per heavy atom. The van der Waals surface area contributed by atoms with Crippen molar-refractivity contribution in [3.63, 3.8) is 0 Å². The molecule has 1 N–H and O–H groups in total. The molecule has 0 aliphatic carbocycles. The summed E-state index contributed by atoms with van der Waals surface area (Å²) in [5.74, 6) is 1.35. The number of aliphatic hydroxyl groups is 1. The van der Waals surface area contributed by atoms with Gasteiger partial charge in [-0.15, -0.1) is 0 Å². The minimum atomic E-state index is 0.109. The second-order valence-electron chi connectivity index (χ2n) is 4.04. The van der Waals surface area contributed by atoms with Crippen LogP contribution in [0.5, 0.6) is 11.6 Å². The van der Waals surface area contributed by atoms with Crippen LogP contribution in [-0.4, -0.2) is 23.8 Å². The van der Waals surface area contributed by atoms with Gasteiger partial charge in [-0.05, 0) is 24.1 Å². The third-order valence-corrected chi connectivity index (χ3v) is 2.72. The van der Waals surface area contributed by atoms with Crippen molar-refractivity contribution in [2.75, 3.05) is 13.7 Å². The molecule has 4 heteroatoms. The highest BCUT2D eigenvalue weighted by atomic mass is 16.5. The summed E-state index contributed by atoms with van der Waals surface area (Å²) in [7, 11) is 1.59. The van der Waals surface area contributed by atoms with Gasteiger partial charge in [-0.1, -0.05) is 24.3 Å². The molecular weight excluding hydrogens is 242 g/mol. The number of pyridine rings is 1. The highest BCUT2D eigenvalue weighted by Gasteiger charge is 2.04. The fourth-order valence-corrected chi connectivity index (χ4v) is 1.77. The van der Waals surface area contributed by atoms with Crippen LogP contribution in [0.15, 0.2) is 42.5 Å². The van der Waals surface area contributed by atoms with Gasteiger partial charge in [-0.3, -0.25) is 0 Å². The smallest absolute Gasteiger partial charge is 0.213 e. The first-order valence-corrected chi connectivity index (χ1v) is 6.15. The first-order chi connectivity index (χ1) is 9.33. The maximum Gasteiger partial charge on any atom is 0.213 e. The lowest BCUT2D eigenvalue weighted by Gasteiger charge is -2.10. The quantitative estimate of drug-likeness (QED) is 0.864. The van der Waals surface area contributed by atoms with Gasteiger partial charge in [0.15, 0.2) is 0 Å². The maximum atomic E-state index is 9.01. The number of hydrogen-bond donors (Lipinski definition) is 1. The summed E-state index contributed by atoms with van der Waals surface area (Å²) in [5, 5.41) is 9.01. The van der Waals surface area contributed by atoms with Crippen LogP contribution in [0.25, 0.3) is 0 Å². The van der Waals surface area contributed by atoms with Crippen molar-refractivity contribution in [3.05, 3.63) is 53.7 Å². The number of rotatable bonds is 6. The number of hydrogen-bond acceptors (Lipinski definition) is 4. The molecule has 0 amide bonds. The first kappa shape index (κ1) is 13.4. The zero-order valence-corrected chi connectivity index (χ0v) is 10.9. The van der Waals surface area contributed by atoms with E-state index in [9.17, 15) is 0 Å². The molecule has 1 aromatic carbocycles. The third kappa shape index (κ3) is 3.69. The van der Waals surface area contributed by atoms with Gasteiger partial charge >= 0.3 is 0 Å². The van der Waals surface area contributed by atoms with E-state index in [1.807, 2.05) is 36.4 Å². The molecule has 4 nitrogen and oxygen atoms in total. The van der Waals surface area contributed by atoms with E-state index in [0.29, 0.717) is 18.9 Å². The number of methoxy groups -OCH3 is 1. The van der Waals surface area contributed by atoms with Gasteiger partial charge in [0.2, 0.25) is 5.88 Å². The van der Waals surface area contributed by atoms with Crippen LogP contribution < -0.4 is 9.47 Å². The lowest BCUT2D eigenvalue weighted by atomic mass is 10.1. The summed E-state index contributed by atoms with van der Waals surface area (Å²) >= 11 is 0. The minimum Gasteiger partial charge on any atom is -0.487 e. The molecule has 0 aliphatic heterocycles. The second-order valence-corrected chi connectivity index (χ2v) is 4.04. The van der Waals surface area contributed by atoms with E-state index >= 15 is 0 Å². The van der Waals surface area contributed by atoms with E-state index in [0.717, 1.165) is 17.0 Å². The molecule has 1 heterocycles. The highest BCUT2D eigenvalue weighted by Crippen LogP contribution is 2.19. The first-order valence-electron chi connectivity index (χ1n) is 6.15. The Balaban J connectivity index is 2.05. The number of para-hydroxylation sites is 1. The van der Waals surface area contributed by atoms with Gasteiger partial charge in [-0.2, -0.15) is 0 Å². The molecular formula is C15H17NO3. The fourth-order valence-electron chi connectivity index (χ4n) is 1.77. The van der Waals surface area contributed by atoms with Gasteiger partial charge < -0.3 is 14.6 Å². The molecule has 2 aromatic rings. The molecule has 0 fully saturated rings. The van der Waals surface area contributed by atoms with Crippen molar-refractivity contribution in [2.24, 2.45) is 0 Å². The van der Waals surface area contributed by atoms with Gasteiger partial charge in [0.25, 0.3) is 0 Å². The molecule has 0 atom stereocenters. The van der Waals surface area contributed by atoms with Crippen LogP contribution in [0, 0.1) is 0 Å². The zero-order valence-electron chi connectivity index (χ0n) is 10.9. The standard InChI is InChI=1S/C15H17NO3/c1-18-15-8-4-6-13(16-15)11-19-14-7-3-2-5-12(14)9-10-17/h2-8,17H,9-11H2,1H3. The number of benzene rings is 1. The van der Waals surface area contributed by atoms with Gasteiger partial charge in [-0.25, -0.2) is 4.98 Å². The Labute approximate surface area is 112 Å². The molecule has 2 rings (SSSR count). The number of nitrogens with zero attached hydrogens (tertiary/aromatic N) is 1. The van der Waals surface area contributed by atoms with Gasteiger partial charge in [0.05, 0.1) is 12.8 Å². The Bertz CT molecular complexity index is 528. The Hall–Kier alpha value is -2.07. The molecule has 1 aromatic heterocycles. The molecule has 19 heavy (non-hydrogen) atoms.